The summed E-state index contributed by atoms with van der Waals surface area (Å²) in [4.78, 5) is 56.3. The van der Waals surface area contributed by atoms with Gasteiger partial charge in [-0.2, -0.15) is 13.2 Å². The number of fused-ring (bicyclic) bond motifs is 2. The van der Waals surface area contributed by atoms with Gasteiger partial charge in [0.25, 0.3) is 5.91 Å². The molecule has 0 fully saturated rings. The van der Waals surface area contributed by atoms with Crippen LogP contribution in [0.25, 0.3) is 0 Å². The lowest BCUT2D eigenvalue weighted by Gasteiger charge is -2.17. The Morgan fingerprint density at radius 3 is 2.05 bits per heavy atom. The Kier molecular flexibility index (Phi) is 10.3. The summed E-state index contributed by atoms with van der Waals surface area (Å²) in [5, 5.41) is 34.9. The van der Waals surface area contributed by atoms with E-state index >= 15 is 0 Å². The molecule has 0 bridgehead atoms. The average molecular weight is 567 g/mol. The van der Waals surface area contributed by atoms with Crippen molar-refractivity contribution in [3.63, 3.8) is 0 Å². The van der Waals surface area contributed by atoms with E-state index in [-0.39, 0.29) is 17.0 Å². The van der Waals surface area contributed by atoms with Gasteiger partial charge in [0.05, 0.1) is 12.0 Å². The zero-order valence-electron chi connectivity index (χ0n) is 20.6. The van der Waals surface area contributed by atoms with Gasteiger partial charge in [0, 0.05) is 11.1 Å². The molecule has 0 aromatic heterocycles. The zero-order chi connectivity index (χ0) is 30.2. The molecule has 0 unspecified atom stereocenters. The van der Waals surface area contributed by atoms with Crippen molar-refractivity contribution in [3.8, 4) is 5.75 Å². The lowest BCUT2D eigenvalue weighted by Crippen LogP contribution is -2.42. The number of amidine groups is 1. The van der Waals surface area contributed by atoms with Crippen LogP contribution in [-0.4, -0.2) is 63.2 Å². The Hall–Kier alpha value is -4.95. The molecule has 2 aromatic carbocycles. The Labute approximate surface area is 224 Å². The summed E-state index contributed by atoms with van der Waals surface area (Å²) in [7, 11) is 0. The van der Waals surface area contributed by atoms with E-state index in [4.69, 9.17) is 36.0 Å². The maximum absolute atomic E-state index is 12.8. The van der Waals surface area contributed by atoms with Crippen molar-refractivity contribution in [2.45, 2.75) is 44.3 Å². The van der Waals surface area contributed by atoms with E-state index in [2.05, 4.69) is 5.32 Å². The van der Waals surface area contributed by atoms with Gasteiger partial charge in [-0.1, -0.05) is 0 Å². The molecule has 1 aliphatic rings. The molecule has 12 nitrogen and oxygen atoms in total. The van der Waals surface area contributed by atoms with Crippen LogP contribution in [0.1, 0.15) is 56.7 Å². The van der Waals surface area contributed by atoms with Gasteiger partial charge >= 0.3 is 30.1 Å². The molecular weight excluding hydrogens is 543 g/mol. The smallest absolute Gasteiger partial charge is 0.481 e. The second-order valence-electron chi connectivity index (χ2n) is 8.47. The molecule has 2 aromatic rings. The molecule has 15 heteroatoms. The standard InChI is InChI=1S/C23H23N3O7.C2HF3O2/c24-20(25)14-6-8-18-13(10-14)4-2-1-3-12-9-15(5-7-16(12)23(32)33-18)21(29)26-17(22(30)31)11-19(27)28;3-2(4,5)1(6)7/h5-10,17H,1-4,11H2,(H3,24,25)(H,26,29)(H,27,28)(H,30,31);(H,6,7)/t17-;/m0./s1. The summed E-state index contributed by atoms with van der Waals surface area (Å²) in [5.41, 5.74) is 7.82. The molecule has 1 heterocycles. The number of nitrogens with two attached hydrogens (primary N) is 1. The topological polar surface area (TPSA) is 217 Å². The number of hydrogen-bond acceptors (Lipinski definition) is 7. The van der Waals surface area contributed by atoms with Crippen molar-refractivity contribution in [2.24, 2.45) is 5.73 Å². The number of nitrogen functional groups attached to an aromatic ring is 1. The van der Waals surface area contributed by atoms with Gasteiger partial charge in [0.1, 0.15) is 17.6 Å². The van der Waals surface area contributed by atoms with Gasteiger partial charge in [-0.3, -0.25) is 15.0 Å². The van der Waals surface area contributed by atoms with Gasteiger partial charge in [-0.15, -0.1) is 0 Å². The van der Waals surface area contributed by atoms with Crippen LogP contribution in [0.3, 0.4) is 0 Å². The van der Waals surface area contributed by atoms with Crippen molar-refractivity contribution in [1.29, 1.82) is 5.41 Å². The minimum Gasteiger partial charge on any atom is -0.481 e. The Morgan fingerprint density at radius 1 is 0.975 bits per heavy atom. The number of carbonyl (C=O) groups is 5. The molecule has 1 atom stereocenters. The van der Waals surface area contributed by atoms with E-state index in [9.17, 15) is 32.3 Å². The van der Waals surface area contributed by atoms with Crippen LogP contribution in [0.4, 0.5) is 13.2 Å². The highest BCUT2D eigenvalue weighted by Gasteiger charge is 2.38. The summed E-state index contributed by atoms with van der Waals surface area (Å²) in [6, 6.07) is 7.64. The Bertz CT molecular complexity index is 1340. The average Bonchev–Trinajstić information content (AvgIpc) is 2.85. The molecule has 40 heavy (non-hydrogen) atoms. The third-order valence-electron chi connectivity index (χ3n) is 5.53. The normalized spacial score (nSPS) is 13.6. The van der Waals surface area contributed by atoms with Gasteiger partial charge in [0.15, 0.2) is 0 Å². The van der Waals surface area contributed by atoms with Crippen LogP contribution >= 0.6 is 0 Å². The Balaban J connectivity index is 0.000000708. The summed E-state index contributed by atoms with van der Waals surface area (Å²) in [6.45, 7) is 0. The highest BCUT2D eigenvalue weighted by atomic mass is 19.4. The highest BCUT2D eigenvalue weighted by Crippen LogP contribution is 2.27. The molecule has 0 spiro atoms. The lowest BCUT2D eigenvalue weighted by molar-refractivity contribution is -0.192. The summed E-state index contributed by atoms with van der Waals surface area (Å²) >= 11 is 0. The number of ether oxygens (including phenoxy) is 1. The number of halogens is 3. The molecule has 0 saturated carbocycles. The van der Waals surface area contributed by atoms with E-state index in [1.54, 1.807) is 18.2 Å². The van der Waals surface area contributed by atoms with Crippen molar-refractivity contribution in [2.75, 3.05) is 0 Å². The highest BCUT2D eigenvalue weighted by molar-refractivity contribution is 6.00. The molecule has 3 rings (SSSR count). The maximum atomic E-state index is 12.8. The molecule has 7 N–H and O–H groups in total. The number of rotatable bonds is 6. The number of hydrogen-bond donors (Lipinski definition) is 6. The zero-order valence-corrected chi connectivity index (χ0v) is 20.6. The van der Waals surface area contributed by atoms with Gasteiger partial charge in [-0.05, 0) is 73.2 Å². The number of aliphatic carboxylic acids is 3. The molecule has 0 aliphatic carbocycles. The van der Waals surface area contributed by atoms with Crippen molar-refractivity contribution in [3.05, 3.63) is 64.2 Å². The van der Waals surface area contributed by atoms with Gasteiger partial charge in [0.2, 0.25) is 0 Å². The number of amides is 1. The first-order valence-corrected chi connectivity index (χ1v) is 11.5. The van der Waals surface area contributed by atoms with Crippen LogP contribution in [0.5, 0.6) is 5.75 Å². The first-order chi connectivity index (χ1) is 18.6. The van der Waals surface area contributed by atoms with Crippen molar-refractivity contribution < 1.29 is 57.2 Å². The largest absolute Gasteiger partial charge is 0.490 e. The van der Waals surface area contributed by atoms with Crippen molar-refractivity contribution in [1.82, 2.24) is 5.32 Å². The molecule has 1 aliphatic heterocycles. The van der Waals surface area contributed by atoms with Gasteiger partial charge < -0.3 is 31.1 Å². The summed E-state index contributed by atoms with van der Waals surface area (Å²) < 4.78 is 37.3. The first kappa shape index (κ1) is 31.3. The SMILES string of the molecule is N=C(N)c1ccc2c(c1)CCCCc1cc(C(=O)N[C@@H](CC(=O)O)C(=O)O)ccc1C(=O)O2.O=C(O)C(F)(F)F. The van der Waals surface area contributed by atoms with E-state index in [1.165, 1.54) is 18.2 Å². The van der Waals surface area contributed by atoms with E-state index < -0.39 is 48.4 Å². The predicted molar refractivity (Wildman–Crippen MR) is 130 cm³/mol. The van der Waals surface area contributed by atoms with E-state index in [0.717, 1.165) is 12.0 Å². The fraction of sp³-hybridized carbons (Fsp3) is 0.280. The van der Waals surface area contributed by atoms with Crippen LogP contribution in [-0.2, 0) is 27.2 Å². The third kappa shape index (κ3) is 8.82. The van der Waals surface area contributed by atoms with Crippen LogP contribution < -0.4 is 15.8 Å². The van der Waals surface area contributed by atoms with Gasteiger partial charge in [-0.25, -0.2) is 14.4 Å². The van der Waals surface area contributed by atoms with Crippen LogP contribution in [0, 0.1) is 5.41 Å². The number of carbonyl (C=O) groups excluding carboxylic acids is 2. The molecule has 214 valence electrons. The van der Waals surface area contributed by atoms with Crippen LogP contribution in [0.2, 0.25) is 0 Å². The number of carboxylic acid groups (broad SMARTS) is 3. The molecule has 0 radical (unpaired) electrons. The summed E-state index contributed by atoms with van der Waals surface area (Å²) in [6.07, 6.45) is -3.31. The number of esters is 1. The van der Waals surface area contributed by atoms with Crippen LogP contribution in [0.15, 0.2) is 36.4 Å². The predicted octanol–water partition coefficient (Wildman–Crippen LogP) is 2.36. The van der Waals surface area contributed by atoms with Crippen molar-refractivity contribution >= 4 is 35.6 Å². The van der Waals surface area contributed by atoms with E-state index in [0.29, 0.717) is 36.1 Å². The minimum atomic E-state index is -5.08. The second-order valence-corrected chi connectivity index (χ2v) is 8.47. The first-order valence-electron chi connectivity index (χ1n) is 11.5. The molecular formula is C25H24F3N3O9. The fourth-order valence-electron chi connectivity index (χ4n) is 3.58. The number of alkyl halides is 3. The molecule has 1 amide bonds. The lowest BCUT2D eigenvalue weighted by atomic mass is 9.95. The number of carboxylic acids is 3. The third-order valence-corrected chi connectivity index (χ3v) is 5.53. The number of benzene rings is 2. The fourth-order valence-corrected chi connectivity index (χ4v) is 3.58. The monoisotopic (exact) mass is 567 g/mol. The second kappa shape index (κ2) is 13.2. The summed E-state index contributed by atoms with van der Waals surface area (Å²) in [5.74, 6) is -6.63. The molecule has 0 saturated heterocycles. The maximum Gasteiger partial charge on any atom is 0.490 e. The Morgan fingerprint density at radius 2 is 1.52 bits per heavy atom. The number of aryl methyl sites for hydroxylation is 2. The minimum absolute atomic E-state index is 0.0779. The quantitative estimate of drug-likeness (QED) is 0.130. The number of nitrogens with one attached hydrogen (secondary N) is 2. The van der Waals surface area contributed by atoms with E-state index in [1.807, 2.05) is 0 Å².